The lowest BCUT2D eigenvalue weighted by Gasteiger charge is -2.04. The Morgan fingerprint density at radius 2 is 1.38 bits per heavy atom. The lowest BCUT2D eigenvalue weighted by Crippen LogP contribution is -2.12. The fraction of sp³-hybridized carbons (Fsp3) is 0.875. The third kappa shape index (κ3) is 11.8. The summed E-state index contributed by atoms with van der Waals surface area (Å²) in [5.74, 6) is 0.408. The van der Waals surface area contributed by atoms with Gasteiger partial charge in [0.1, 0.15) is 0 Å². The number of allylic oxidation sites excluding steroid dienone is 2. The van der Waals surface area contributed by atoms with Gasteiger partial charge >= 0.3 is 5.97 Å². The Balaban J connectivity index is 1.77. The Hall–Kier alpha value is -0.790. The highest BCUT2D eigenvalue weighted by Gasteiger charge is 2.42. The van der Waals surface area contributed by atoms with Gasteiger partial charge in [0.2, 0.25) is 0 Å². The average molecular weight is 365 g/mol. The summed E-state index contributed by atoms with van der Waals surface area (Å²) in [6, 6.07) is 0. The van der Waals surface area contributed by atoms with Gasteiger partial charge in [-0.15, -0.1) is 0 Å². The van der Waals surface area contributed by atoms with Crippen LogP contribution in [0.25, 0.3) is 0 Å². The van der Waals surface area contributed by atoms with Crippen LogP contribution in [0, 0.1) is 17.8 Å². The maximum Gasteiger partial charge on any atom is 0.306 e. The molecule has 0 aromatic carbocycles. The summed E-state index contributed by atoms with van der Waals surface area (Å²) in [6.45, 7) is 4.15. The molecule has 1 fully saturated rings. The largest absolute Gasteiger partial charge is 0.481 e. The van der Waals surface area contributed by atoms with E-state index in [4.69, 9.17) is 5.11 Å². The van der Waals surface area contributed by atoms with E-state index in [1.54, 1.807) is 0 Å². The fourth-order valence-corrected chi connectivity index (χ4v) is 4.05. The quantitative estimate of drug-likeness (QED) is 0.199. The van der Waals surface area contributed by atoms with E-state index in [1.165, 1.54) is 96.3 Å². The molecule has 0 bridgehead atoms. The molecule has 0 saturated heterocycles. The predicted molar refractivity (Wildman–Crippen MR) is 112 cm³/mol. The van der Waals surface area contributed by atoms with Crippen LogP contribution < -0.4 is 0 Å². The number of hydrogen-bond acceptors (Lipinski definition) is 1. The Morgan fingerprint density at radius 1 is 0.885 bits per heavy atom. The summed E-state index contributed by atoms with van der Waals surface area (Å²) in [4.78, 5) is 10.9. The van der Waals surface area contributed by atoms with Gasteiger partial charge in [-0.25, -0.2) is 0 Å². The van der Waals surface area contributed by atoms with Gasteiger partial charge in [-0.1, -0.05) is 96.6 Å². The minimum absolute atomic E-state index is 0.135. The van der Waals surface area contributed by atoms with E-state index in [-0.39, 0.29) is 5.92 Å². The number of unbranched alkanes of at least 4 members (excludes halogenated alkanes) is 12. The first kappa shape index (κ1) is 23.2. The third-order valence-corrected chi connectivity index (χ3v) is 6.10. The molecule has 0 heterocycles. The Morgan fingerprint density at radius 3 is 1.92 bits per heavy atom. The summed E-state index contributed by atoms with van der Waals surface area (Å²) >= 11 is 0. The van der Waals surface area contributed by atoms with Crippen molar-refractivity contribution in [1.29, 1.82) is 0 Å². The van der Waals surface area contributed by atoms with E-state index < -0.39 is 5.97 Å². The van der Waals surface area contributed by atoms with Crippen molar-refractivity contribution in [3.63, 3.8) is 0 Å². The van der Waals surface area contributed by atoms with Crippen molar-refractivity contribution >= 4 is 5.97 Å². The second-order valence-electron chi connectivity index (χ2n) is 8.51. The first-order valence-electron chi connectivity index (χ1n) is 11.5. The standard InChI is InChI=1S/C24H44O2/c1-3-4-5-6-7-8-9-10-11-12-13-14-15-16-17-18-19-22-20-23(22)21(2)24(25)26/h13-14,21-23H,3-12,15-20H2,1-2H3,(H,25,26). The molecule has 1 saturated carbocycles. The molecule has 2 heteroatoms. The van der Waals surface area contributed by atoms with Gasteiger partial charge in [-0.05, 0) is 43.9 Å². The maximum absolute atomic E-state index is 10.9. The van der Waals surface area contributed by atoms with Crippen LogP contribution in [0.2, 0.25) is 0 Å². The Kier molecular flexibility index (Phi) is 13.7. The zero-order valence-corrected chi connectivity index (χ0v) is 17.6. The Bertz CT molecular complexity index is 374. The van der Waals surface area contributed by atoms with Gasteiger partial charge in [-0.2, -0.15) is 0 Å². The summed E-state index contributed by atoms with van der Waals surface area (Å²) in [6.07, 6.45) is 26.2. The summed E-state index contributed by atoms with van der Waals surface area (Å²) in [7, 11) is 0. The van der Waals surface area contributed by atoms with Crippen molar-refractivity contribution in [2.75, 3.05) is 0 Å². The van der Waals surface area contributed by atoms with E-state index in [9.17, 15) is 4.79 Å². The van der Waals surface area contributed by atoms with E-state index in [0.717, 1.165) is 6.42 Å². The molecule has 3 unspecified atom stereocenters. The molecule has 1 aliphatic rings. The van der Waals surface area contributed by atoms with Crippen LogP contribution >= 0.6 is 0 Å². The van der Waals surface area contributed by atoms with Crippen molar-refractivity contribution in [3.8, 4) is 0 Å². The molecular formula is C24H44O2. The van der Waals surface area contributed by atoms with Gasteiger partial charge in [0.05, 0.1) is 5.92 Å². The van der Waals surface area contributed by atoms with E-state index in [1.807, 2.05) is 6.92 Å². The molecule has 0 aromatic rings. The van der Waals surface area contributed by atoms with Gasteiger partial charge in [0.15, 0.2) is 0 Å². The summed E-state index contributed by atoms with van der Waals surface area (Å²) in [5, 5.41) is 9.02. The van der Waals surface area contributed by atoms with Gasteiger partial charge in [0.25, 0.3) is 0 Å². The number of carbonyl (C=O) groups is 1. The smallest absolute Gasteiger partial charge is 0.306 e. The second-order valence-corrected chi connectivity index (χ2v) is 8.51. The van der Waals surface area contributed by atoms with Crippen molar-refractivity contribution < 1.29 is 9.90 Å². The molecule has 0 aliphatic heterocycles. The van der Waals surface area contributed by atoms with Crippen LogP contribution in [0.3, 0.4) is 0 Å². The Labute approximate surface area is 162 Å². The molecule has 26 heavy (non-hydrogen) atoms. The van der Waals surface area contributed by atoms with Gasteiger partial charge in [-0.3, -0.25) is 4.79 Å². The van der Waals surface area contributed by atoms with Crippen molar-refractivity contribution in [3.05, 3.63) is 12.2 Å². The van der Waals surface area contributed by atoms with Gasteiger partial charge < -0.3 is 5.11 Å². The molecule has 2 nitrogen and oxygen atoms in total. The zero-order valence-electron chi connectivity index (χ0n) is 17.6. The summed E-state index contributed by atoms with van der Waals surface area (Å²) in [5.41, 5.74) is 0. The van der Waals surface area contributed by atoms with Crippen LogP contribution in [-0.4, -0.2) is 11.1 Å². The number of carboxylic acids is 1. The SMILES string of the molecule is CCCCCCCCCCCC=CCCCCCC1CC1C(C)C(=O)O. The maximum atomic E-state index is 10.9. The first-order chi connectivity index (χ1) is 12.7. The normalized spacial score (nSPS) is 20.5. The van der Waals surface area contributed by atoms with E-state index in [0.29, 0.717) is 11.8 Å². The highest BCUT2D eigenvalue weighted by molar-refractivity contribution is 5.70. The molecule has 0 amide bonds. The van der Waals surface area contributed by atoms with Crippen LogP contribution in [0.15, 0.2) is 12.2 Å². The van der Waals surface area contributed by atoms with Crippen molar-refractivity contribution in [2.45, 2.75) is 117 Å². The number of rotatable bonds is 18. The minimum atomic E-state index is -0.616. The van der Waals surface area contributed by atoms with Crippen molar-refractivity contribution in [2.24, 2.45) is 17.8 Å². The van der Waals surface area contributed by atoms with Crippen LogP contribution in [0.5, 0.6) is 0 Å². The van der Waals surface area contributed by atoms with Crippen LogP contribution in [-0.2, 0) is 4.79 Å². The zero-order chi connectivity index (χ0) is 19.0. The molecular weight excluding hydrogens is 320 g/mol. The molecule has 152 valence electrons. The number of aliphatic carboxylic acids is 1. The number of carboxylic acid groups (broad SMARTS) is 1. The molecule has 1 rings (SSSR count). The van der Waals surface area contributed by atoms with Gasteiger partial charge in [0, 0.05) is 0 Å². The number of hydrogen-bond donors (Lipinski definition) is 1. The molecule has 1 N–H and O–H groups in total. The molecule has 0 aromatic heterocycles. The minimum Gasteiger partial charge on any atom is -0.481 e. The van der Waals surface area contributed by atoms with Crippen LogP contribution in [0.4, 0.5) is 0 Å². The second kappa shape index (κ2) is 15.3. The predicted octanol–water partition coefficient (Wildman–Crippen LogP) is 7.77. The average Bonchev–Trinajstić information content (AvgIpc) is 3.40. The topological polar surface area (TPSA) is 37.3 Å². The van der Waals surface area contributed by atoms with E-state index in [2.05, 4.69) is 19.1 Å². The molecule has 3 atom stereocenters. The highest BCUT2D eigenvalue weighted by atomic mass is 16.4. The van der Waals surface area contributed by atoms with Crippen molar-refractivity contribution in [1.82, 2.24) is 0 Å². The highest BCUT2D eigenvalue weighted by Crippen LogP contribution is 2.47. The van der Waals surface area contributed by atoms with E-state index >= 15 is 0 Å². The molecule has 0 radical (unpaired) electrons. The lowest BCUT2D eigenvalue weighted by molar-refractivity contribution is -0.141. The molecule has 1 aliphatic carbocycles. The van der Waals surface area contributed by atoms with Crippen LogP contribution in [0.1, 0.15) is 117 Å². The monoisotopic (exact) mass is 364 g/mol. The molecule has 0 spiro atoms. The fourth-order valence-electron chi connectivity index (χ4n) is 4.05. The lowest BCUT2D eigenvalue weighted by atomic mass is 10.0. The summed E-state index contributed by atoms with van der Waals surface area (Å²) < 4.78 is 0. The third-order valence-electron chi connectivity index (χ3n) is 6.10. The first-order valence-corrected chi connectivity index (χ1v) is 11.5.